The normalized spacial score (nSPS) is 15.8. The maximum absolute atomic E-state index is 12.5. The first kappa shape index (κ1) is 20.0. The van der Waals surface area contributed by atoms with Gasteiger partial charge >= 0.3 is 5.97 Å². The number of benzene rings is 1. The summed E-state index contributed by atoms with van der Waals surface area (Å²) >= 11 is 5.84. The predicted octanol–water partition coefficient (Wildman–Crippen LogP) is 2.43. The van der Waals surface area contributed by atoms with Gasteiger partial charge in [0.05, 0.1) is 5.92 Å². The van der Waals surface area contributed by atoms with Crippen LogP contribution in [-0.4, -0.2) is 48.4 Å². The van der Waals surface area contributed by atoms with Crippen molar-refractivity contribution < 1.29 is 19.1 Å². The van der Waals surface area contributed by atoms with Crippen LogP contribution in [0.4, 0.5) is 0 Å². The zero-order valence-corrected chi connectivity index (χ0v) is 15.5. The van der Waals surface area contributed by atoms with E-state index in [0.29, 0.717) is 43.1 Å². The summed E-state index contributed by atoms with van der Waals surface area (Å²) in [5.41, 5.74) is 0.572. The Labute approximate surface area is 158 Å². The van der Waals surface area contributed by atoms with Gasteiger partial charge in [0.1, 0.15) is 0 Å². The minimum Gasteiger partial charge on any atom is -0.452 e. The number of esters is 1. The van der Waals surface area contributed by atoms with Crippen LogP contribution in [0.15, 0.2) is 36.9 Å². The molecule has 2 rings (SSSR count). The molecule has 7 heteroatoms. The summed E-state index contributed by atoms with van der Waals surface area (Å²) in [5, 5.41) is 3.17. The molecule has 0 aromatic heterocycles. The second-order valence-electron chi connectivity index (χ2n) is 6.19. The summed E-state index contributed by atoms with van der Waals surface area (Å²) in [6.07, 6.45) is 1.73. The molecule has 1 fully saturated rings. The van der Waals surface area contributed by atoms with Crippen LogP contribution in [0.3, 0.4) is 0 Å². The first-order chi connectivity index (χ1) is 12.4. The molecule has 0 unspecified atom stereocenters. The van der Waals surface area contributed by atoms with Crippen LogP contribution >= 0.6 is 11.6 Å². The summed E-state index contributed by atoms with van der Waals surface area (Å²) in [6.45, 7) is 6.32. The predicted molar refractivity (Wildman–Crippen MR) is 98.8 cm³/mol. The lowest BCUT2D eigenvalue weighted by Gasteiger charge is -2.31. The van der Waals surface area contributed by atoms with Crippen LogP contribution in [0.25, 0.3) is 0 Å². The van der Waals surface area contributed by atoms with Crippen LogP contribution in [0, 0.1) is 5.92 Å². The quantitative estimate of drug-likeness (QED) is 0.609. The smallest absolute Gasteiger partial charge is 0.309 e. The van der Waals surface area contributed by atoms with Crippen LogP contribution in [0.5, 0.6) is 0 Å². The van der Waals surface area contributed by atoms with Crippen LogP contribution in [0.1, 0.15) is 30.1 Å². The minimum atomic E-state index is -0.851. The molecule has 0 spiro atoms. The minimum absolute atomic E-state index is 0.0781. The molecule has 26 heavy (non-hydrogen) atoms. The van der Waals surface area contributed by atoms with Crippen molar-refractivity contribution in [2.24, 2.45) is 5.92 Å². The molecule has 1 aromatic rings. The molecule has 1 aliphatic heterocycles. The average molecular weight is 379 g/mol. The van der Waals surface area contributed by atoms with Gasteiger partial charge in [-0.05, 0) is 44.0 Å². The number of likely N-dealkylation sites (tertiary alicyclic amines) is 1. The lowest BCUT2D eigenvalue weighted by atomic mass is 9.96. The first-order valence-corrected chi connectivity index (χ1v) is 8.94. The number of piperidine rings is 1. The number of ether oxygens (including phenoxy) is 1. The summed E-state index contributed by atoms with van der Waals surface area (Å²) in [7, 11) is 0. The number of hydrogen-bond donors (Lipinski definition) is 1. The van der Waals surface area contributed by atoms with Gasteiger partial charge in [-0.25, -0.2) is 0 Å². The number of carbonyl (C=O) groups is 3. The molecule has 6 nitrogen and oxygen atoms in total. The molecule has 2 amide bonds. The van der Waals surface area contributed by atoms with E-state index in [1.54, 1.807) is 35.2 Å². The van der Waals surface area contributed by atoms with Crippen LogP contribution < -0.4 is 5.32 Å². The molecule has 0 saturated carbocycles. The molecule has 1 heterocycles. The topological polar surface area (TPSA) is 75.7 Å². The highest BCUT2D eigenvalue weighted by molar-refractivity contribution is 6.30. The van der Waals surface area contributed by atoms with Crippen LogP contribution in [0.2, 0.25) is 5.02 Å². The van der Waals surface area contributed by atoms with Gasteiger partial charge in [-0.2, -0.15) is 0 Å². The molecule has 0 radical (unpaired) electrons. The van der Waals surface area contributed by atoms with Gasteiger partial charge in [0, 0.05) is 30.2 Å². The van der Waals surface area contributed by atoms with E-state index in [0.717, 1.165) is 0 Å². The van der Waals surface area contributed by atoms with Gasteiger partial charge in [0.25, 0.3) is 11.8 Å². The number of carbonyl (C=O) groups excluding carboxylic acids is 3. The monoisotopic (exact) mass is 378 g/mol. The van der Waals surface area contributed by atoms with E-state index < -0.39 is 12.1 Å². The fraction of sp³-hybridized carbons (Fsp3) is 0.421. The third-order valence-corrected chi connectivity index (χ3v) is 4.54. The van der Waals surface area contributed by atoms with Gasteiger partial charge < -0.3 is 15.0 Å². The Morgan fingerprint density at radius 2 is 1.92 bits per heavy atom. The second kappa shape index (κ2) is 9.38. The van der Waals surface area contributed by atoms with Gasteiger partial charge in [0.15, 0.2) is 6.10 Å². The van der Waals surface area contributed by atoms with Crippen molar-refractivity contribution in [3.63, 3.8) is 0 Å². The van der Waals surface area contributed by atoms with E-state index in [4.69, 9.17) is 16.3 Å². The maximum Gasteiger partial charge on any atom is 0.309 e. The Morgan fingerprint density at radius 3 is 2.50 bits per heavy atom. The molecule has 1 saturated heterocycles. The SMILES string of the molecule is C=CCNC(=O)[C@@H](C)OC(=O)C1CCN(C(=O)c2ccc(Cl)cc2)CC1. The lowest BCUT2D eigenvalue weighted by molar-refractivity contribution is -0.159. The highest BCUT2D eigenvalue weighted by Crippen LogP contribution is 2.21. The Morgan fingerprint density at radius 1 is 1.31 bits per heavy atom. The average Bonchev–Trinajstić information content (AvgIpc) is 2.66. The zero-order valence-electron chi connectivity index (χ0n) is 14.7. The molecule has 1 aromatic carbocycles. The number of amides is 2. The Balaban J connectivity index is 1.82. The lowest BCUT2D eigenvalue weighted by Crippen LogP contribution is -2.42. The maximum atomic E-state index is 12.5. The highest BCUT2D eigenvalue weighted by atomic mass is 35.5. The van der Waals surface area contributed by atoms with E-state index >= 15 is 0 Å². The number of rotatable bonds is 6. The molecule has 0 aliphatic carbocycles. The first-order valence-electron chi connectivity index (χ1n) is 8.56. The molecule has 140 valence electrons. The van der Waals surface area contributed by atoms with E-state index in [9.17, 15) is 14.4 Å². The largest absolute Gasteiger partial charge is 0.452 e. The van der Waals surface area contributed by atoms with E-state index in [-0.39, 0.29) is 17.7 Å². The van der Waals surface area contributed by atoms with Crippen molar-refractivity contribution in [1.29, 1.82) is 0 Å². The van der Waals surface area contributed by atoms with Crippen molar-refractivity contribution in [3.05, 3.63) is 47.5 Å². The van der Waals surface area contributed by atoms with Crippen molar-refractivity contribution in [2.75, 3.05) is 19.6 Å². The van der Waals surface area contributed by atoms with Crippen molar-refractivity contribution in [1.82, 2.24) is 10.2 Å². The van der Waals surface area contributed by atoms with E-state index in [1.165, 1.54) is 6.92 Å². The molecular weight excluding hydrogens is 356 g/mol. The van der Waals surface area contributed by atoms with Gasteiger partial charge in [0.2, 0.25) is 0 Å². The summed E-state index contributed by atoms with van der Waals surface area (Å²) in [4.78, 5) is 38.2. The van der Waals surface area contributed by atoms with E-state index in [2.05, 4.69) is 11.9 Å². The Hall–Kier alpha value is -2.34. The van der Waals surface area contributed by atoms with Gasteiger partial charge in [-0.15, -0.1) is 6.58 Å². The Kier molecular flexibility index (Phi) is 7.21. The standard InChI is InChI=1S/C19H23ClN2O4/c1-3-10-21-17(23)13(2)26-19(25)15-8-11-22(12-9-15)18(24)14-4-6-16(20)7-5-14/h3-7,13,15H,1,8-12H2,2H3,(H,21,23)/t13-/m1/s1. The van der Waals surface area contributed by atoms with Crippen molar-refractivity contribution >= 4 is 29.4 Å². The fourth-order valence-corrected chi connectivity index (χ4v) is 2.86. The van der Waals surface area contributed by atoms with Crippen molar-refractivity contribution in [3.8, 4) is 0 Å². The van der Waals surface area contributed by atoms with E-state index in [1.807, 2.05) is 0 Å². The third-order valence-electron chi connectivity index (χ3n) is 4.29. The van der Waals surface area contributed by atoms with Gasteiger partial charge in [-0.3, -0.25) is 14.4 Å². The number of hydrogen-bond acceptors (Lipinski definition) is 4. The molecule has 1 aliphatic rings. The Bertz CT molecular complexity index is 667. The summed E-state index contributed by atoms with van der Waals surface area (Å²) in [5.74, 6) is -1.14. The zero-order chi connectivity index (χ0) is 19.1. The van der Waals surface area contributed by atoms with Crippen molar-refractivity contribution in [2.45, 2.75) is 25.9 Å². The summed E-state index contributed by atoms with van der Waals surface area (Å²) < 4.78 is 5.24. The second-order valence-corrected chi connectivity index (χ2v) is 6.62. The highest BCUT2D eigenvalue weighted by Gasteiger charge is 2.30. The number of nitrogens with zero attached hydrogens (tertiary/aromatic N) is 1. The van der Waals surface area contributed by atoms with Crippen LogP contribution in [-0.2, 0) is 14.3 Å². The van der Waals surface area contributed by atoms with Gasteiger partial charge in [-0.1, -0.05) is 17.7 Å². The number of nitrogens with one attached hydrogen (secondary N) is 1. The fourth-order valence-electron chi connectivity index (χ4n) is 2.73. The molecule has 1 atom stereocenters. The summed E-state index contributed by atoms with van der Waals surface area (Å²) in [6, 6.07) is 6.73. The number of halogens is 1. The molecule has 0 bridgehead atoms. The molecular formula is C19H23ClN2O4. The molecule has 1 N–H and O–H groups in total. The third kappa shape index (κ3) is 5.33.